The second-order valence-electron chi connectivity index (χ2n) is 3.21. The average Bonchev–Trinajstić information content (AvgIpc) is 2.64. The number of nitrogens with one attached hydrogen (secondary N) is 2. The molecule has 0 bridgehead atoms. The fraction of sp³-hybridized carbons (Fsp3) is 0.625. The van der Waals surface area contributed by atoms with E-state index in [2.05, 4.69) is 10.6 Å². The molecule has 0 aliphatic carbocycles. The number of carboxylic acid groups (broad SMARTS) is 1. The van der Waals surface area contributed by atoms with Crippen molar-refractivity contribution in [3.8, 4) is 0 Å². The summed E-state index contributed by atoms with van der Waals surface area (Å²) in [6.07, 6.45) is -0.0606. The van der Waals surface area contributed by atoms with E-state index in [4.69, 9.17) is 10.2 Å². The highest BCUT2D eigenvalue weighted by molar-refractivity contribution is 8.14. The maximum Gasteiger partial charge on any atom is 0.326 e. The van der Waals surface area contributed by atoms with Crippen LogP contribution in [0.1, 0.15) is 6.42 Å². The first kappa shape index (κ1) is 12.8. The third-order valence-electron chi connectivity index (χ3n) is 2.02. The Bertz CT molecular complexity index is 309. The van der Waals surface area contributed by atoms with Crippen molar-refractivity contribution < 1.29 is 24.6 Å². The van der Waals surface area contributed by atoms with Crippen LogP contribution in [0.15, 0.2) is 0 Å². The van der Waals surface area contributed by atoms with Gasteiger partial charge in [-0.2, -0.15) is 0 Å². The molecule has 1 aliphatic rings. The Balaban J connectivity index is 2.48. The summed E-state index contributed by atoms with van der Waals surface area (Å²) in [5, 5.41) is 21.7. The zero-order valence-corrected chi connectivity index (χ0v) is 9.12. The Morgan fingerprint density at radius 1 is 1.62 bits per heavy atom. The predicted molar refractivity (Wildman–Crippen MR) is 56.0 cm³/mol. The van der Waals surface area contributed by atoms with Crippen molar-refractivity contribution in [1.82, 2.24) is 10.6 Å². The summed E-state index contributed by atoms with van der Waals surface area (Å²) in [7, 11) is 0. The number of amides is 2. The number of aliphatic hydroxyl groups excluding tert-OH is 1. The summed E-state index contributed by atoms with van der Waals surface area (Å²) in [4.78, 5) is 33.0. The van der Waals surface area contributed by atoms with Gasteiger partial charge in [0.15, 0.2) is 0 Å². The Hall–Kier alpha value is -1.28. The zero-order valence-electron chi connectivity index (χ0n) is 8.30. The van der Waals surface area contributed by atoms with Crippen LogP contribution in [0.5, 0.6) is 0 Å². The predicted octanol–water partition coefficient (Wildman–Crippen LogP) is -1.24. The van der Waals surface area contributed by atoms with Crippen molar-refractivity contribution in [1.29, 1.82) is 0 Å². The number of hydrogen-bond acceptors (Lipinski definition) is 5. The van der Waals surface area contributed by atoms with Crippen LogP contribution in [-0.4, -0.2) is 51.8 Å². The second kappa shape index (κ2) is 5.71. The Labute approximate surface area is 95.6 Å². The molecule has 1 rings (SSSR count). The van der Waals surface area contributed by atoms with Crippen LogP contribution in [0.3, 0.4) is 0 Å². The van der Waals surface area contributed by atoms with Gasteiger partial charge >= 0.3 is 5.97 Å². The molecule has 16 heavy (non-hydrogen) atoms. The molecule has 4 N–H and O–H groups in total. The molecule has 1 aliphatic heterocycles. The van der Waals surface area contributed by atoms with Crippen molar-refractivity contribution in [2.75, 3.05) is 12.4 Å². The number of aliphatic hydroxyl groups is 1. The van der Waals surface area contributed by atoms with E-state index in [1.807, 2.05) is 0 Å². The van der Waals surface area contributed by atoms with Crippen LogP contribution >= 0.6 is 11.8 Å². The molecule has 0 spiro atoms. The van der Waals surface area contributed by atoms with Gasteiger partial charge in [0.1, 0.15) is 12.1 Å². The highest BCUT2D eigenvalue weighted by Gasteiger charge is 2.30. The lowest BCUT2D eigenvalue weighted by Gasteiger charge is -2.15. The fourth-order valence-corrected chi connectivity index (χ4v) is 1.96. The smallest absolute Gasteiger partial charge is 0.326 e. The van der Waals surface area contributed by atoms with Gasteiger partial charge in [-0.3, -0.25) is 9.59 Å². The number of aliphatic carboxylic acids is 1. The van der Waals surface area contributed by atoms with Crippen molar-refractivity contribution in [2.24, 2.45) is 0 Å². The van der Waals surface area contributed by atoms with E-state index in [0.29, 0.717) is 0 Å². The molecule has 90 valence electrons. The van der Waals surface area contributed by atoms with E-state index in [-0.39, 0.29) is 24.0 Å². The van der Waals surface area contributed by atoms with Crippen molar-refractivity contribution >= 4 is 28.9 Å². The Kier molecular flexibility index (Phi) is 4.56. The Morgan fingerprint density at radius 2 is 2.31 bits per heavy atom. The number of hydrogen-bond donors (Lipinski definition) is 4. The highest BCUT2D eigenvalue weighted by atomic mass is 32.2. The largest absolute Gasteiger partial charge is 0.480 e. The Morgan fingerprint density at radius 3 is 2.75 bits per heavy atom. The van der Waals surface area contributed by atoms with Crippen molar-refractivity contribution in [2.45, 2.75) is 18.5 Å². The lowest BCUT2D eigenvalue weighted by atomic mass is 10.2. The van der Waals surface area contributed by atoms with Gasteiger partial charge in [0.25, 0.3) is 5.24 Å². The van der Waals surface area contributed by atoms with Crippen LogP contribution in [0.25, 0.3) is 0 Å². The molecule has 1 saturated heterocycles. The van der Waals surface area contributed by atoms with E-state index in [0.717, 1.165) is 11.8 Å². The maximum atomic E-state index is 11.5. The van der Waals surface area contributed by atoms with Gasteiger partial charge in [0.05, 0.1) is 0 Å². The third kappa shape index (κ3) is 3.38. The van der Waals surface area contributed by atoms with Crippen LogP contribution in [-0.2, 0) is 9.59 Å². The molecule has 1 fully saturated rings. The quantitative estimate of drug-likeness (QED) is 0.484. The van der Waals surface area contributed by atoms with Crippen LogP contribution < -0.4 is 10.6 Å². The van der Waals surface area contributed by atoms with E-state index >= 15 is 0 Å². The van der Waals surface area contributed by atoms with Gasteiger partial charge in [-0.15, -0.1) is 0 Å². The molecule has 1 heterocycles. The van der Waals surface area contributed by atoms with E-state index in [1.165, 1.54) is 0 Å². The summed E-state index contributed by atoms with van der Waals surface area (Å²) in [5.41, 5.74) is 0. The molecule has 8 heteroatoms. The van der Waals surface area contributed by atoms with Gasteiger partial charge < -0.3 is 20.8 Å². The van der Waals surface area contributed by atoms with Crippen LogP contribution in [0, 0.1) is 0 Å². The van der Waals surface area contributed by atoms with Gasteiger partial charge in [-0.1, -0.05) is 11.8 Å². The molecule has 0 radical (unpaired) electrons. The van der Waals surface area contributed by atoms with Gasteiger partial charge in [-0.05, 0) is 0 Å². The molecule has 2 atom stereocenters. The molecule has 2 amide bonds. The molecular weight excluding hydrogens is 236 g/mol. The molecule has 2 unspecified atom stereocenters. The standard InChI is InChI=1S/C8H12N2O5S/c11-2-1-4(7(13)14)9-6(12)5-3-16-8(15)10-5/h4-5,11H,1-3H2,(H,9,12)(H,10,15)(H,13,14). The van der Waals surface area contributed by atoms with Gasteiger partial charge in [0.2, 0.25) is 5.91 Å². The van der Waals surface area contributed by atoms with Crippen LogP contribution in [0.4, 0.5) is 4.79 Å². The summed E-state index contributed by atoms with van der Waals surface area (Å²) in [6, 6.07) is -1.82. The van der Waals surface area contributed by atoms with Gasteiger partial charge in [-0.25, -0.2) is 4.79 Å². The summed E-state index contributed by atoms with van der Waals surface area (Å²) < 4.78 is 0. The minimum Gasteiger partial charge on any atom is -0.480 e. The van der Waals surface area contributed by atoms with Crippen molar-refractivity contribution in [3.05, 3.63) is 0 Å². The monoisotopic (exact) mass is 248 g/mol. The van der Waals surface area contributed by atoms with Crippen LogP contribution in [0.2, 0.25) is 0 Å². The minimum atomic E-state index is -1.21. The fourth-order valence-electron chi connectivity index (χ4n) is 1.18. The van der Waals surface area contributed by atoms with E-state index in [1.54, 1.807) is 0 Å². The normalized spacial score (nSPS) is 21.3. The number of rotatable bonds is 5. The van der Waals surface area contributed by atoms with E-state index in [9.17, 15) is 14.4 Å². The zero-order chi connectivity index (χ0) is 12.1. The molecule has 0 saturated carbocycles. The number of thioether (sulfide) groups is 1. The van der Waals surface area contributed by atoms with E-state index < -0.39 is 24.0 Å². The molecule has 0 aromatic heterocycles. The third-order valence-corrected chi connectivity index (χ3v) is 2.90. The first-order valence-electron chi connectivity index (χ1n) is 4.62. The molecular formula is C8H12N2O5S. The summed E-state index contributed by atoms with van der Waals surface area (Å²) >= 11 is 0.975. The first-order valence-corrected chi connectivity index (χ1v) is 5.60. The first-order chi connectivity index (χ1) is 7.54. The average molecular weight is 248 g/mol. The van der Waals surface area contributed by atoms with Gasteiger partial charge in [0, 0.05) is 18.8 Å². The number of carbonyl (C=O) groups excluding carboxylic acids is 2. The topological polar surface area (TPSA) is 116 Å². The number of carboxylic acids is 1. The molecule has 0 aromatic carbocycles. The minimum absolute atomic E-state index is 0.0606. The highest BCUT2D eigenvalue weighted by Crippen LogP contribution is 2.13. The van der Waals surface area contributed by atoms with Crippen molar-refractivity contribution in [3.63, 3.8) is 0 Å². The maximum absolute atomic E-state index is 11.5. The summed E-state index contributed by atoms with van der Waals surface area (Å²) in [5.74, 6) is -1.46. The second-order valence-corrected chi connectivity index (χ2v) is 4.20. The SMILES string of the molecule is O=C1NC(C(=O)NC(CCO)C(=O)O)CS1. The molecule has 0 aromatic rings. The number of carbonyl (C=O) groups is 3. The lowest BCUT2D eigenvalue weighted by Crippen LogP contribution is -2.49. The molecule has 7 nitrogen and oxygen atoms in total. The summed E-state index contributed by atoms with van der Waals surface area (Å²) in [6.45, 7) is -0.330. The lowest BCUT2D eigenvalue weighted by molar-refractivity contribution is -0.142.